The van der Waals surface area contributed by atoms with Crippen molar-refractivity contribution >= 4 is 0 Å². The molecule has 0 saturated carbocycles. The molecule has 0 bridgehead atoms. The molecule has 0 aromatic carbocycles. The molecule has 0 aliphatic heterocycles. The molecule has 1 heterocycles. The van der Waals surface area contributed by atoms with Gasteiger partial charge in [0.2, 0.25) is 0 Å². The maximum Gasteiger partial charge on any atom is 0.0667 e. The number of hydrogen-bond donors (Lipinski definition) is 2. The van der Waals surface area contributed by atoms with Crippen LogP contribution in [-0.4, -0.2) is 27.5 Å². The fourth-order valence-electron chi connectivity index (χ4n) is 1.92. The summed E-state index contributed by atoms with van der Waals surface area (Å²) in [7, 11) is 0. The molecule has 0 spiro atoms. The molecule has 0 aliphatic carbocycles. The quantitative estimate of drug-likeness (QED) is 0.727. The smallest absolute Gasteiger partial charge is 0.0667 e. The Hall–Kier alpha value is -0.870. The Balaban J connectivity index is 2.28. The lowest BCUT2D eigenvalue weighted by molar-refractivity contribution is 0.146. The van der Waals surface area contributed by atoms with Crippen LogP contribution < -0.4 is 5.32 Å². The minimum Gasteiger partial charge on any atom is -0.392 e. The van der Waals surface area contributed by atoms with Crippen molar-refractivity contribution in [2.75, 3.05) is 6.54 Å². The highest BCUT2D eigenvalue weighted by molar-refractivity contribution is 4.99. The van der Waals surface area contributed by atoms with Gasteiger partial charge in [0.25, 0.3) is 0 Å². The van der Waals surface area contributed by atoms with Crippen molar-refractivity contribution in [3.8, 4) is 0 Å². The third-order valence-corrected chi connectivity index (χ3v) is 2.67. The monoisotopic (exact) mass is 239 g/mol. The van der Waals surface area contributed by atoms with E-state index < -0.39 is 0 Å². The van der Waals surface area contributed by atoms with Crippen molar-refractivity contribution in [3.05, 3.63) is 18.0 Å². The summed E-state index contributed by atoms with van der Waals surface area (Å²) in [6, 6.07) is 2.03. The van der Waals surface area contributed by atoms with Crippen molar-refractivity contribution in [2.24, 2.45) is 5.92 Å². The minimum absolute atomic E-state index is 0.252. The van der Waals surface area contributed by atoms with Crippen molar-refractivity contribution < 1.29 is 5.11 Å². The first-order valence-corrected chi connectivity index (χ1v) is 6.53. The highest BCUT2D eigenvalue weighted by Gasteiger charge is 2.07. The van der Waals surface area contributed by atoms with Gasteiger partial charge in [-0.3, -0.25) is 4.68 Å². The van der Waals surface area contributed by atoms with Gasteiger partial charge >= 0.3 is 0 Å². The van der Waals surface area contributed by atoms with E-state index in [4.69, 9.17) is 0 Å². The third-order valence-electron chi connectivity index (χ3n) is 2.67. The molecule has 98 valence electrons. The van der Waals surface area contributed by atoms with Gasteiger partial charge in [0.15, 0.2) is 0 Å². The summed E-state index contributed by atoms with van der Waals surface area (Å²) >= 11 is 0. The molecule has 1 aromatic rings. The number of aromatic nitrogens is 2. The molecule has 0 saturated heterocycles. The van der Waals surface area contributed by atoms with Crippen LogP contribution in [0.25, 0.3) is 0 Å². The summed E-state index contributed by atoms with van der Waals surface area (Å²) in [6.07, 6.45) is 3.51. The highest BCUT2D eigenvalue weighted by atomic mass is 16.3. The number of aliphatic hydroxyl groups excluding tert-OH is 1. The molecule has 1 atom stereocenters. The number of aliphatic hydroxyl groups is 1. The van der Waals surface area contributed by atoms with Gasteiger partial charge in [0, 0.05) is 25.8 Å². The van der Waals surface area contributed by atoms with Gasteiger partial charge < -0.3 is 10.4 Å². The first-order chi connectivity index (χ1) is 8.13. The van der Waals surface area contributed by atoms with Crippen LogP contribution in [0.4, 0.5) is 0 Å². The van der Waals surface area contributed by atoms with E-state index in [1.807, 2.05) is 16.9 Å². The molecule has 0 aliphatic rings. The molecular weight excluding hydrogens is 214 g/mol. The van der Waals surface area contributed by atoms with Gasteiger partial charge in [-0.2, -0.15) is 5.10 Å². The summed E-state index contributed by atoms with van der Waals surface area (Å²) in [5.41, 5.74) is 1.18. The maximum atomic E-state index is 9.74. The third kappa shape index (κ3) is 5.33. The number of aryl methyl sites for hydroxylation is 1. The first kappa shape index (κ1) is 14.2. The summed E-state index contributed by atoms with van der Waals surface area (Å²) in [6.45, 7) is 8.77. The van der Waals surface area contributed by atoms with Gasteiger partial charge in [-0.25, -0.2) is 0 Å². The van der Waals surface area contributed by atoms with Gasteiger partial charge in [0.1, 0.15) is 0 Å². The maximum absolute atomic E-state index is 9.74. The number of nitrogens with one attached hydrogen (secondary N) is 1. The predicted molar refractivity (Wildman–Crippen MR) is 69.7 cm³/mol. The second-order valence-corrected chi connectivity index (χ2v) is 4.96. The first-order valence-electron chi connectivity index (χ1n) is 6.53. The topological polar surface area (TPSA) is 50.1 Å². The molecule has 0 fully saturated rings. The summed E-state index contributed by atoms with van der Waals surface area (Å²) in [5.74, 6) is 0.539. The molecule has 17 heavy (non-hydrogen) atoms. The van der Waals surface area contributed by atoms with Crippen molar-refractivity contribution in [1.82, 2.24) is 15.1 Å². The van der Waals surface area contributed by atoms with Gasteiger partial charge in [-0.1, -0.05) is 20.8 Å². The van der Waals surface area contributed by atoms with E-state index in [-0.39, 0.29) is 6.10 Å². The normalized spacial score (nSPS) is 13.2. The highest BCUT2D eigenvalue weighted by Crippen LogP contribution is 2.04. The largest absolute Gasteiger partial charge is 0.392 e. The summed E-state index contributed by atoms with van der Waals surface area (Å²) in [5, 5.41) is 17.3. The van der Waals surface area contributed by atoms with Crippen LogP contribution in [0.15, 0.2) is 12.3 Å². The molecule has 0 radical (unpaired) electrons. The number of hydrogen-bond acceptors (Lipinski definition) is 3. The Morgan fingerprint density at radius 2 is 2.24 bits per heavy atom. The van der Waals surface area contributed by atoms with Gasteiger partial charge in [-0.15, -0.1) is 0 Å². The number of rotatable bonds is 8. The van der Waals surface area contributed by atoms with E-state index >= 15 is 0 Å². The lowest BCUT2D eigenvalue weighted by Crippen LogP contribution is -2.28. The van der Waals surface area contributed by atoms with E-state index in [0.717, 1.165) is 25.9 Å². The SMILES string of the molecule is CCCn1nccc1CNCC(O)CC(C)C. The Kier molecular flexibility index (Phi) is 6.22. The average molecular weight is 239 g/mol. The van der Waals surface area contributed by atoms with E-state index in [1.165, 1.54) is 5.69 Å². The average Bonchev–Trinajstić information content (AvgIpc) is 2.65. The van der Waals surface area contributed by atoms with E-state index in [0.29, 0.717) is 12.5 Å². The van der Waals surface area contributed by atoms with Crippen molar-refractivity contribution in [3.63, 3.8) is 0 Å². The zero-order chi connectivity index (χ0) is 12.7. The van der Waals surface area contributed by atoms with Gasteiger partial charge in [-0.05, 0) is 24.8 Å². The van der Waals surface area contributed by atoms with Crippen molar-refractivity contribution in [1.29, 1.82) is 0 Å². The van der Waals surface area contributed by atoms with Gasteiger partial charge in [0.05, 0.1) is 11.8 Å². The van der Waals surface area contributed by atoms with Crippen LogP contribution in [0, 0.1) is 5.92 Å². The van der Waals surface area contributed by atoms with Crippen LogP contribution in [0.1, 0.15) is 39.3 Å². The molecule has 1 aromatic heterocycles. The summed E-state index contributed by atoms with van der Waals surface area (Å²) in [4.78, 5) is 0. The molecule has 1 rings (SSSR count). The zero-order valence-electron chi connectivity index (χ0n) is 11.2. The van der Waals surface area contributed by atoms with Crippen LogP contribution in [0.5, 0.6) is 0 Å². The fraction of sp³-hybridized carbons (Fsp3) is 0.769. The van der Waals surface area contributed by atoms with Crippen LogP contribution >= 0.6 is 0 Å². The fourth-order valence-corrected chi connectivity index (χ4v) is 1.92. The Labute approximate surface area is 104 Å². The van der Waals surface area contributed by atoms with Crippen molar-refractivity contribution in [2.45, 2.75) is 52.8 Å². The van der Waals surface area contributed by atoms with E-state index in [2.05, 4.69) is 31.2 Å². The lowest BCUT2D eigenvalue weighted by atomic mass is 10.1. The molecule has 0 amide bonds. The lowest BCUT2D eigenvalue weighted by Gasteiger charge is -2.14. The molecule has 2 N–H and O–H groups in total. The summed E-state index contributed by atoms with van der Waals surface area (Å²) < 4.78 is 2.02. The second kappa shape index (κ2) is 7.45. The minimum atomic E-state index is -0.252. The Morgan fingerprint density at radius 1 is 1.47 bits per heavy atom. The molecule has 1 unspecified atom stereocenters. The van der Waals surface area contributed by atoms with Crippen LogP contribution in [0.2, 0.25) is 0 Å². The Bertz CT molecular complexity index is 309. The standard InChI is InChI=1S/C13H25N3O/c1-4-7-16-12(5-6-15-16)9-14-10-13(17)8-11(2)3/h5-6,11,13-14,17H,4,7-10H2,1-3H3. The van der Waals surface area contributed by atoms with Crippen LogP contribution in [0.3, 0.4) is 0 Å². The second-order valence-electron chi connectivity index (χ2n) is 4.96. The number of nitrogens with zero attached hydrogens (tertiary/aromatic N) is 2. The predicted octanol–water partition coefficient (Wildman–Crippen LogP) is 1.79. The molecular formula is C13H25N3O. The Morgan fingerprint density at radius 3 is 2.88 bits per heavy atom. The molecule has 4 nitrogen and oxygen atoms in total. The van der Waals surface area contributed by atoms with E-state index in [9.17, 15) is 5.11 Å². The van der Waals surface area contributed by atoms with E-state index in [1.54, 1.807) is 0 Å². The molecule has 4 heteroatoms. The van der Waals surface area contributed by atoms with Crippen LogP contribution in [-0.2, 0) is 13.1 Å². The zero-order valence-corrected chi connectivity index (χ0v) is 11.2.